The third kappa shape index (κ3) is 4.76. The lowest BCUT2D eigenvalue weighted by molar-refractivity contribution is 0.0745. The van der Waals surface area contributed by atoms with E-state index in [0.29, 0.717) is 37.3 Å². The lowest BCUT2D eigenvalue weighted by Crippen LogP contribution is -2.49. The Morgan fingerprint density at radius 2 is 0.853 bits per heavy atom. The van der Waals surface area contributed by atoms with E-state index in [1.54, 1.807) is 6.07 Å². The highest BCUT2D eigenvalue weighted by Gasteiger charge is 2.25. The number of benzene rings is 3. The van der Waals surface area contributed by atoms with Crippen LogP contribution < -0.4 is 9.80 Å². The van der Waals surface area contributed by atoms with Crippen molar-refractivity contribution >= 4 is 23.2 Å². The van der Waals surface area contributed by atoms with E-state index in [2.05, 4.69) is 34.1 Å². The predicted octanol–water partition coefficient (Wildman–Crippen LogP) is 3.61. The van der Waals surface area contributed by atoms with Gasteiger partial charge in [0.15, 0.2) is 0 Å². The van der Waals surface area contributed by atoms with Gasteiger partial charge in [0.2, 0.25) is 0 Å². The highest BCUT2D eigenvalue weighted by Crippen LogP contribution is 2.19. The molecule has 0 spiro atoms. The van der Waals surface area contributed by atoms with E-state index >= 15 is 0 Å². The Morgan fingerprint density at radius 1 is 0.471 bits per heavy atom. The summed E-state index contributed by atoms with van der Waals surface area (Å²) in [7, 11) is 0. The van der Waals surface area contributed by atoms with Crippen LogP contribution in [0.2, 0.25) is 0 Å². The Kier molecular flexibility index (Phi) is 6.47. The number of nitrogens with zero attached hydrogens (tertiary/aromatic N) is 4. The average molecular weight is 455 g/mol. The first-order valence-corrected chi connectivity index (χ1v) is 12.0. The molecule has 3 aromatic rings. The minimum atomic E-state index is -0.00346. The number of piperazine rings is 2. The Bertz CT molecular complexity index is 1030. The van der Waals surface area contributed by atoms with Crippen LogP contribution in [-0.4, -0.2) is 74.0 Å². The molecule has 0 radical (unpaired) electrons. The standard InChI is InChI=1S/C28H30N4O2/c33-27(31-18-14-29(15-19-31)25-10-3-1-4-11-25)23-8-7-9-24(22-23)28(34)32-20-16-30(17-21-32)26-12-5-2-6-13-26/h1-13,22H,14-21H2. The number of amides is 2. The van der Waals surface area contributed by atoms with Gasteiger partial charge in [0, 0.05) is 74.9 Å². The van der Waals surface area contributed by atoms with Crippen LogP contribution in [0.5, 0.6) is 0 Å². The monoisotopic (exact) mass is 454 g/mol. The fraction of sp³-hybridized carbons (Fsp3) is 0.286. The van der Waals surface area contributed by atoms with Gasteiger partial charge in [-0.15, -0.1) is 0 Å². The molecule has 6 nitrogen and oxygen atoms in total. The first kappa shape index (κ1) is 22.0. The van der Waals surface area contributed by atoms with Crippen LogP contribution in [0.25, 0.3) is 0 Å². The summed E-state index contributed by atoms with van der Waals surface area (Å²) in [5, 5.41) is 0. The molecule has 2 heterocycles. The van der Waals surface area contributed by atoms with E-state index in [9.17, 15) is 9.59 Å². The summed E-state index contributed by atoms with van der Waals surface area (Å²) in [6.45, 7) is 5.92. The van der Waals surface area contributed by atoms with Crippen molar-refractivity contribution in [3.63, 3.8) is 0 Å². The number of para-hydroxylation sites is 2. The molecule has 2 saturated heterocycles. The zero-order valence-electron chi connectivity index (χ0n) is 19.3. The van der Waals surface area contributed by atoms with Crippen LogP contribution in [0, 0.1) is 0 Å². The maximum absolute atomic E-state index is 13.2. The van der Waals surface area contributed by atoms with Crippen LogP contribution in [0.1, 0.15) is 20.7 Å². The minimum Gasteiger partial charge on any atom is -0.368 e. The molecule has 3 aromatic carbocycles. The van der Waals surface area contributed by atoms with Crippen molar-refractivity contribution in [2.75, 3.05) is 62.2 Å². The lowest BCUT2D eigenvalue weighted by Gasteiger charge is -2.36. The second-order valence-electron chi connectivity index (χ2n) is 8.81. The highest BCUT2D eigenvalue weighted by molar-refractivity contribution is 5.99. The smallest absolute Gasteiger partial charge is 0.253 e. The molecule has 2 fully saturated rings. The molecule has 2 aliphatic heterocycles. The minimum absolute atomic E-state index is 0.00346. The van der Waals surface area contributed by atoms with Crippen LogP contribution >= 0.6 is 0 Å². The summed E-state index contributed by atoms with van der Waals surface area (Å²) in [5.41, 5.74) is 3.55. The van der Waals surface area contributed by atoms with Gasteiger partial charge in [-0.2, -0.15) is 0 Å². The molecule has 0 saturated carbocycles. The number of carbonyl (C=O) groups is 2. The molecule has 5 rings (SSSR count). The molecule has 0 N–H and O–H groups in total. The second kappa shape index (κ2) is 10.00. The molecular formula is C28H30N4O2. The predicted molar refractivity (Wildman–Crippen MR) is 136 cm³/mol. The Balaban J connectivity index is 1.19. The van der Waals surface area contributed by atoms with Crippen LogP contribution in [0.4, 0.5) is 11.4 Å². The highest BCUT2D eigenvalue weighted by atomic mass is 16.2. The normalized spacial score (nSPS) is 16.5. The molecule has 2 amide bonds. The van der Waals surface area contributed by atoms with Crippen molar-refractivity contribution in [3.8, 4) is 0 Å². The average Bonchev–Trinajstić information content (AvgIpc) is 2.93. The van der Waals surface area contributed by atoms with Crippen molar-refractivity contribution in [2.45, 2.75) is 0 Å². The third-order valence-corrected chi connectivity index (χ3v) is 6.73. The van der Waals surface area contributed by atoms with E-state index < -0.39 is 0 Å². The van der Waals surface area contributed by atoms with Gasteiger partial charge < -0.3 is 19.6 Å². The van der Waals surface area contributed by atoms with Gasteiger partial charge >= 0.3 is 0 Å². The largest absolute Gasteiger partial charge is 0.368 e. The summed E-state index contributed by atoms with van der Waals surface area (Å²) >= 11 is 0. The van der Waals surface area contributed by atoms with Gasteiger partial charge in [0.1, 0.15) is 0 Å². The summed E-state index contributed by atoms with van der Waals surface area (Å²) in [6.07, 6.45) is 0. The molecule has 174 valence electrons. The summed E-state index contributed by atoms with van der Waals surface area (Å²) < 4.78 is 0. The molecule has 0 aliphatic carbocycles. The Hall–Kier alpha value is -3.80. The van der Waals surface area contributed by atoms with Gasteiger partial charge in [-0.3, -0.25) is 9.59 Å². The molecule has 6 heteroatoms. The Morgan fingerprint density at radius 3 is 1.24 bits per heavy atom. The van der Waals surface area contributed by atoms with E-state index in [4.69, 9.17) is 0 Å². The molecule has 34 heavy (non-hydrogen) atoms. The van der Waals surface area contributed by atoms with Crippen molar-refractivity contribution in [2.24, 2.45) is 0 Å². The van der Waals surface area contributed by atoms with E-state index in [1.807, 2.05) is 64.4 Å². The molecule has 0 bridgehead atoms. The maximum Gasteiger partial charge on any atom is 0.253 e. The topological polar surface area (TPSA) is 47.1 Å². The second-order valence-corrected chi connectivity index (χ2v) is 8.81. The molecule has 0 unspecified atom stereocenters. The molecule has 0 atom stereocenters. The van der Waals surface area contributed by atoms with Gasteiger partial charge in [-0.25, -0.2) is 0 Å². The first-order valence-electron chi connectivity index (χ1n) is 12.0. The first-order chi connectivity index (χ1) is 16.7. The van der Waals surface area contributed by atoms with Crippen molar-refractivity contribution in [3.05, 3.63) is 96.1 Å². The van der Waals surface area contributed by atoms with Crippen molar-refractivity contribution in [1.29, 1.82) is 0 Å². The summed E-state index contributed by atoms with van der Waals surface area (Å²) in [4.78, 5) is 34.7. The number of carbonyl (C=O) groups excluding carboxylic acids is 2. The van der Waals surface area contributed by atoms with Crippen molar-refractivity contribution in [1.82, 2.24) is 9.80 Å². The van der Waals surface area contributed by atoms with Gasteiger partial charge in [0.25, 0.3) is 11.8 Å². The summed E-state index contributed by atoms with van der Waals surface area (Å²) in [6, 6.07) is 27.8. The number of hydrogen-bond acceptors (Lipinski definition) is 4. The van der Waals surface area contributed by atoms with E-state index in [0.717, 1.165) is 26.2 Å². The number of anilines is 2. The van der Waals surface area contributed by atoms with Crippen molar-refractivity contribution < 1.29 is 9.59 Å². The fourth-order valence-electron chi connectivity index (χ4n) is 4.76. The van der Waals surface area contributed by atoms with Gasteiger partial charge in [0.05, 0.1) is 0 Å². The fourth-order valence-corrected chi connectivity index (χ4v) is 4.76. The SMILES string of the molecule is O=C(c1cccc(C(=O)N2CCN(c3ccccc3)CC2)c1)N1CCN(c2ccccc2)CC1. The van der Waals surface area contributed by atoms with Gasteiger partial charge in [-0.05, 0) is 42.5 Å². The Labute approximate surface area is 201 Å². The summed E-state index contributed by atoms with van der Waals surface area (Å²) in [5.74, 6) is -0.00693. The molecule has 2 aliphatic rings. The zero-order valence-corrected chi connectivity index (χ0v) is 19.3. The number of hydrogen-bond donors (Lipinski definition) is 0. The van der Waals surface area contributed by atoms with Gasteiger partial charge in [-0.1, -0.05) is 42.5 Å². The molecular weight excluding hydrogens is 424 g/mol. The van der Waals surface area contributed by atoms with Crippen LogP contribution in [0.15, 0.2) is 84.9 Å². The lowest BCUT2D eigenvalue weighted by atomic mass is 10.1. The maximum atomic E-state index is 13.2. The quantitative estimate of drug-likeness (QED) is 0.604. The zero-order chi connectivity index (χ0) is 23.3. The molecule has 0 aromatic heterocycles. The third-order valence-electron chi connectivity index (χ3n) is 6.73. The van der Waals surface area contributed by atoms with E-state index in [-0.39, 0.29) is 11.8 Å². The van der Waals surface area contributed by atoms with E-state index in [1.165, 1.54) is 11.4 Å². The number of rotatable bonds is 4. The van der Waals surface area contributed by atoms with Crippen LogP contribution in [-0.2, 0) is 0 Å². The van der Waals surface area contributed by atoms with Crippen LogP contribution in [0.3, 0.4) is 0 Å².